The van der Waals surface area contributed by atoms with Gasteiger partial charge in [0.25, 0.3) is 19.9 Å². The molecule has 1 fully saturated rings. The molecule has 3 N–H and O–H groups in total. The van der Waals surface area contributed by atoms with Gasteiger partial charge < -0.3 is 15.4 Å². The van der Waals surface area contributed by atoms with Gasteiger partial charge in [0.2, 0.25) is 5.95 Å². The molecule has 0 bridgehead atoms. The Morgan fingerprint density at radius 2 is 1.77 bits per heavy atom. The third-order valence-electron chi connectivity index (χ3n) is 7.16. The molecular weight excluding hydrogens is 644 g/mol. The second kappa shape index (κ2) is 13.6. The van der Waals surface area contributed by atoms with Crippen LogP contribution in [0.5, 0.6) is 0 Å². The first-order valence-corrected chi connectivity index (χ1v) is 17.7. The van der Waals surface area contributed by atoms with Crippen molar-refractivity contribution < 1.29 is 34.7 Å². The summed E-state index contributed by atoms with van der Waals surface area (Å²) in [5.41, 5.74) is -6.01. The highest BCUT2D eigenvalue weighted by molar-refractivity contribution is 7.99. The minimum atomic E-state index is -5.94. The fourth-order valence-electron chi connectivity index (χ4n) is 4.78. The molecule has 18 heteroatoms. The number of nitrogens with zero attached hydrogens (tertiary/aromatic N) is 4. The van der Waals surface area contributed by atoms with Crippen LogP contribution in [0.15, 0.2) is 63.2 Å². The molecule has 44 heavy (non-hydrogen) atoms. The molecule has 0 radical (unpaired) electrons. The van der Waals surface area contributed by atoms with Gasteiger partial charge in [-0.25, -0.2) is 21.6 Å². The quantitative estimate of drug-likeness (QED) is 0.244. The molecule has 0 aliphatic carbocycles. The molecule has 5 rings (SSSR count). The summed E-state index contributed by atoms with van der Waals surface area (Å²) in [5, 5.41) is 13.8. The fourth-order valence-corrected chi connectivity index (χ4v) is 7.82. The molecule has 3 aromatic rings. The highest BCUT2D eigenvalue weighted by atomic mass is 32.2. The van der Waals surface area contributed by atoms with Crippen LogP contribution in [-0.4, -0.2) is 93.2 Å². The number of sulfone groups is 1. The highest BCUT2D eigenvalue weighted by Crippen LogP contribution is 2.37. The second-order valence-electron chi connectivity index (χ2n) is 10.2. The summed E-state index contributed by atoms with van der Waals surface area (Å²) in [6, 6.07) is 11.6. The maximum absolute atomic E-state index is 13.9. The van der Waals surface area contributed by atoms with Crippen LogP contribution in [0, 0.1) is 0 Å². The third-order valence-corrected chi connectivity index (χ3v) is 11.2. The van der Waals surface area contributed by atoms with Gasteiger partial charge in [-0.3, -0.25) is 9.47 Å². The van der Waals surface area contributed by atoms with E-state index in [9.17, 15) is 30.0 Å². The summed E-state index contributed by atoms with van der Waals surface area (Å²) in [5.74, 6) is 0.768. The Balaban J connectivity index is 1.44. The van der Waals surface area contributed by atoms with Gasteiger partial charge >= 0.3 is 5.51 Å². The predicted octanol–water partition coefficient (Wildman–Crippen LogP) is 2.77. The van der Waals surface area contributed by atoms with Gasteiger partial charge in [-0.1, -0.05) is 18.2 Å². The number of hydrogen-bond acceptors (Lipinski definition) is 11. The fraction of sp³-hybridized carbons (Fsp3) is 0.462. The first-order valence-electron chi connectivity index (χ1n) is 13.8. The van der Waals surface area contributed by atoms with Crippen LogP contribution >= 0.6 is 11.8 Å². The Kier molecular flexibility index (Phi) is 10.1. The summed E-state index contributed by atoms with van der Waals surface area (Å²) in [6.45, 7) is 4.42. The highest BCUT2D eigenvalue weighted by Gasteiger charge is 2.48. The van der Waals surface area contributed by atoms with Crippen molar-refractivity contribution in [2.24, 2.45) is 0 Å². The average Bonchev–Trinajstić information content (AvgIpc) is 3.41. The van der Waals surface area contributed by atoms with Gasteiger partial charge in [0.15, 0.2) is 0 Å². The summed E-state index contributed by atoms with van der Waals surface area (Å²) in [7, 11) is -10.5. The van der Waals surface area contributed by atoms with Crippen LogP contribution in [0.2, 0.25) is 0 Å². The van der Waals surface area contributed by atoms with E-state index in [2.05, 4.69) is 30.5 Å². The Morgan fingerprint density at radius 1 is 1.02 bits per heavy atom. The summed E-state index contributed by atoms with van der Waals surface area (Å²) in [4.78, 5) is 1.26. The lowest BCUT2D eigenvalue weighted by Crippen LogP contribution is -2.39. The smallest absolute Gasteiger partial charge is 0.380 e. The number of alkyl halides is 3. The summed E-state index contributed by atoms with van der Waals surface area (Å²) >= 11 is 1.47. The molecule has 2 aliphatic rings. The standard InChI is InChI=1S/C26H32F3N7O5S3/c27-26(28,29)43(37,38)23-16-21(44(39,40)34-25-33-32-24-17-30-9-11-36(24)25)6-7-22(23)31-19(8-10-35-12-14-41-15-13-35)18-42-20-4-2-1-3-5-20/h1-7,16,19,30-31H,8-15,17-18H2,(H,33,34). The molecule has 240 valence electrons. The molecule has 3 heterocycles. The van der Waals surface area contributed by atoms with E-state index in [0.717, 1.165) is 17.0 Å². The van der Waals surface area contributed by atoms with E-state index in [4.69, 9.17) is 4.74 Å². The number of rotatable bonds is 12. The number of halogens is 3. The van der Waals surface area contributed by atoms with E-state index < -0.39 is 41.2 Å². The lowest BCUT2D eigenvalue weighted by atomic mass is 10.2. The number of hydrogen-bond donors (Lipinski definition) is 3. The van der Waals surface area contributed by atoms with Crippen LogP contribution in [0.3, 0.4) is 0 Å². The van der Waals surface area contributed by atoms with Crippen molar-refractivity contribution in [1.29, 1.82) is 0 Å². The number of morpholine rings is 1. The van der Waals surface area contributed by atoms with Gasteiger partial charge in [-0.15, -0.1) is 22.0 Å². The molecule has 1 atom stereocenters. The summed E-state index contributed by atoms with van der Waals surface area (Å²) in [6.07, 6.45) is 0.486. The first kappa shape index (κ1) is 32.5. The SMILES string of the molecule is O=S(=O)(Nc1nnc2n1CCNC2)c1ccc(NC(CCN2CCOCC2)CSc2ccccc2)c(S(=O)(=O)C(F)(F)F)c1. The second-order valence-corrected chi connectivity index (χ2v) is 14.9. The molecular formula is C26H32F3N7O5S3. The van der Waals surface area contributed by atoms with Crippen molar-refractivity contribution >= 4 is 43.3 Å². The Labute approximate surface area is 257 Å². The maximum atomic E-state index is 13.9. The molecule has 2 aliphatic heterocycles. The lowest BCUT2D eigenvalue weighted by Gasteiger charge is -2.29. The number of sulfonamides is 1. The number of benzene rings is 2. The number of aromatic nitrogens is 3. The van der Waals surface area contributed by atoms with Crippen molar-refractivity contribution in [2.45, 2.75) is 45.7 Å². The Morgan fingerprint density at radius 3 is 2.50 bits per heavy atom. The van der Waals surface area contributed by atoms with E-state index in [1.54, 1.807) is 0 Å². The lowest BCUT2D eigenvalue weighted by molar-refractivity contribution is -0.0435. The van der Waals surface area contributed by atoms with E-state index >= 15 is 0 Å². The Bertz CT molecular complexity index is 1650. The number of fused-ring (bicyclic) bond motifs is 1. The minimum Gasteiger partial charge on any atom is -0.380 e. The van der Waals surface area contributed by atoms with E-state index in [1.165, 1.54) is 16.3 Å². The van der Waals surface area contributed by atoms with E-state index in [-0.39, 0.29) is 11.6 Å². The zero-order chi connectivity index (χ0) is 31.4. The normalized spacial score (nSPS) is 17.2. The molecule has 0 spiro atoms. The number of ether oxygens (including phenoxy) is 1. The van der Waals surface area contributed by atoms with Gasteiger partial charge in [-0.05, 0) is 36.8 Å². The van der Waals surface area contributed by atoms with Crippen LogP contribution in [0.25, 0.3) is 0 Å². The third kappa shape index (κ3) is 7.66. The number of anilines is 2. The Hall–Kier alpha value is -2.90. The molecule has 0 amide bonds. The monoisotopic (exact) mass is 675 g/mol. The number of thioether (sulfide) groups is 1. The largest absolute Gasteiger partial charge is 0.501 e. The van der Waals surface area contributed by atoms with Crippen molar-refractivity contribution in [3.63, 3.8) is 0 Å². The van der Waals surface area contributed by atoms with Crippen LogP contribution < -0.4 is 15.4 Å². The average molecular weight is 676 g/mol. The molecule has 2 aromatic carbocycles. The van der Waals surface area contributed by atoms with Crippen molar-refractivity contribution in [3.8, 4) is 0 Å². The van der Waals surface area contributed by atoms with Gasteiger partial charge in [0, 0.05) is 49.4 Å². The van der Waals surface area contributed by atoms with Crippen molar-refractivity contribution in [1.82, 2.24) is 25.0 Å². The predicted molar refractivity (Wildman–Crippen MR) is 159 cm³/mol. The van der Waals surface area contributed by atoms with Gasteiger partial charge in [-0.2, -0.15) is 13.2 Å². The van der Waals surface area contributed by atoms with Gasteiger partial charge in [0.1, 0.15) is 10.7 Å². The zero-order valence-electron chi connectivity index (χ0n) is 23.5. The van der Waals surface area contributed by atoms with E-state index in [0.29, 0.717) is 76.5 Å². The van der Waals surface area contributed by atoms with Crippen LogP contribution in [-0.2, 0) is 37.7 Å². The minimum absolute atomic E-state index is 0.120. The van der Waals surface area contributed by atoms with Crippen molar-refractivity contribution in [3.05, 3.63) is 54.4 Å². The number of nitrogens with one attached hydrogen (secondary N) is 3. The molecule has 0 saturated carbocycles. The molecule has 1 unspecified atom stereocenters. The van der Waals surface area contributed by atoms with Crippen LogP contribution in [0.1, 0.15) is 12.2 Å². The first-order chi connectivity index (χ1) is 20.9. The van der Waals surface area contributed by atoms with E-state index in [1.807, 2.05) is 30.3 Å². The van der Waals surface area contributed by atoms with Crippen molar-refractivity contribution in [2.75, 3.05) is 55.2 Å². The molecule has 12 nitrogen and oxygen atoms in total. The zero-order valence-corrected chi connectivity index (χ0v) is 25.9. The molecule has 1 saturated heterocycles. The molecule has 1 aromatic heterocycles. The summed E-state index contributed by atoms with van der Waals surface area (Å²) < 4.78 is 103. The maximum Gasteiger partial charge on any atom is 0.501 e. The van der Waals surface area contributed by atoms with Crippen LogP contribution in [0.4, 0.5) is 24.8 Å². The topological polar surface area (TPSA) is 148 Å². The van der Waals surface area contributed by atoms with Gasteiger partial charge in [0.05, 0.1) is 30.3 Å².